The van der Waals surface area contributed by atoms with E-state index in [1.54, 1.807) is 12.1 Å². The highest BCUT2D eigenvalue weighted by atomic mass is 32.1. The third-order valence-corrected chi connectivity index (χ3v) is 3.81. The monoisotopic (exact) mass is 290 g/mol. The number of hydrogen-bond acceptors (Lipinski definition) is 5. The standard InChI is InChI=1S/C14H18N4OS/c1-5-15-12-7-11(6-8(2)16-12)13(19)18-14-17-9(3)10(4)20-14/h6-7H,5H2,1-4H3,(H,15,16)(H,17,18,19). The molecule has 0 saturated carbocycles. The molecule has 20 heavy (non-hydrogen) atoms. The van der Waals surface area contributed by atoms with Crippen LogP contribution in [0.15, 0.2) is 12.1 Å². The zero-order valence-electron chi connectivity index (χ0n) is 12.1. The number of anilines is 2. The van der Waals surface area contributed by atoms with Gasteiger partial charge in [0.15, 0.2) is 5.13 Å². The Labute approximate surface area is 122 Å². The van der Waals surface area contributed by atoms with Gasteiger partial charge in [0.25, 0.3) is 5.91 Å². The quantitative estimate of drug-likeness (QED) is 0.907. The smallest absolute Gasteiger partial charge is 0.257 e. The van der Waals surface area contributed by atoms with Crippen molar-refractivity contribution in [2.24, 2.45) is 0 Å². The lowest BCUT2D eigenvalue weighted by Gasteiger charge is -2.07. The third kappa shape index (κ3) is 3.33. The number of carbonyl (C=O) groups excluding carboxylic acids is 1. The largest absolute Gasteiger partial charge is 0.370 e. The van der Waals surface area contributed by atoms with Crippen LogP contribution in [0.5, 0.6) is 0 Å². The van der Waals surface area contributed by atoms with E-state index in [0.717, 1.165) is 22.8 Å². The summed E-state index contributed by atoms with van der Waals surface area (Å²) >= 11 is 1.48. The van der Waals surface area contributed by atoms with Crippen LogP contribution < -0.4 is 10.6 Å². The number of nitrogens with zero attached hydrogens (tertiary/aromatic N) is 2. The molecule has 2 aromatic rings. The van der Waals surface area contributed by atoms with Gasteiger partial charge in [-0.25, -0.2) is 9.97 Å². The molecule has 0 unspecified atom stereocenters. The van der Waals surface area contributed by atoms with Crippen LogP contribution in [-0.4, -0.2) is 22.4 Å². The Morgan fingerprint density at radius 1 is 1.25 bits per heavy atom. The first-order valence-corrected chi connectivity index (χ1v) is 7.29. The number of rotatable bonds is 4. The highest BCUT2D eigenvalue weighted by molar-refractivity contribution is 7.15. The van der Waals surface area contributed by atoms with Crippen LogP contribution in [-0.2, 0) is 0 Å². The van der Waals surface area contributed by atoms with E-state index < -0.39 is 0 Å². The molecular formula is C14H18N4OS. The van der Waals surface area contributed by atoms with Crippen molar-refractivity contribution in [2.45, 2.75) is 27.7 Å². The minimum atomic E-state index is -0.164. The Morgan fingerprint density at radius 2 is 2.00 bits per heavy atom. The Kier molecular flexibility index (Phi) is 4.34. The number of pyridine rings is 1. The van der Waals surface area contributed by atoms with E-state index in [4.69, 9.17) is 0 Å². The van der Waals surface area contributed by atoms with Crippen molar-refractivity contribution in [3.05, 3.63) is 34.0 Å². The molecule has 6 heteroatoms. The van der Waals surface area contributed by atoms with Crippen LogP contribution in [0.1, 0.15) is 33.5 Å². The normalized spacial score (nSPS) is 10.4. The maximum Gasteiger partial charge on any atom is 0.257 e. The summed E-state index contributed by atoms with van der Waals surface area (Å²) in [5.41, 5.74) is 2.34. The summed E-state index contributed by atoms with van der Waals surface area (Å²) in [7, 11) is 0. The van der Waals surface area contributed by atoms with Crippen molar-refractivity contribution in [3.8, 4) is 0 Å². The molecule has 1 amide bonds. The Bertz CT molecular complexity index is 617. The third-order valence-electron chi connectivity index (χ3n) is 2.82. The summed E-state index contributed by atoms with van der Waals surface area (Å²) in [5, 5.41) is 6.58. The fourth-order valence-electron chi connectivity index (χ4n) is 1.77. The molecule has 0 aliphatic rings. The van der Waals surface area contributed by atoms with Crippen molar-refractivity contribution in [1.82, 2.24) is 9.97 Å². The summed E-state index contributed by atoms with van der Waals surface area (Å²) in [4.78, 5) is 22.0. The molecule has 0 aliphatic carbocycles. The van der Waals surface area contributed by atoms with E-state index in [-0.39, 0.29) is 5.91 Å². The lowest BCUT2D eigenvalue weighted by atomic mass is 10.2. The molecular weight excluding hydrogens is 272 g/mol. The van der Waals surface area contributed by atoms with Crippen LogP contribution in [0.25, 0.3) is 0 Å². The number of hydrogen-bond donors (Lipinski definition) is 2. The summed E-state index contributed by atoms with van der Waals surface area (Å²) in [5.74, 6) is 0.549. The molecule has 0 aliphatic heterocycles. The summed E-state index contributed by atoms with van der Waals surface area (Å²) in [6, 6.07) is 3.52. The minimum Gasteiger partial charge on any atom is -0.370 e. The van der Waals surface area contributed by atoms with E-state index >= 15 is 0 Å². The SMILES string of the molecule is CCNc1cc(C(=O)Nc2nc(C)c(C)s2)cc(C)n1. The minimum absolute atomic E-state index is 0.164. The molecule has 2 aromatic heterocycles. The predicted octanol–water partition coefficient (Wildman–Crippen LogP) is 3.15. The first-order valence-electron chi connectivity index (χ1n) is 6.47. The first-order chi connectivity index (χ1) is 9.49. The van der Waals surface area contributed by atoms with E-state index in [1.807, 2.05) is 27.7 Å². The van der Waals surface area contributed by atoms with Gasteiger partial charge in [0, 0.05) is 22.7 Å². The topological polar surface area (TPSA) is 66.9 Å². The molecule has 0 fully saturated rings. The predicted molar refractivity (Wildman–Crippen MR) is 82.7 cm³/mol. The van der Waals surface area contributed by atoms with E-state index in [1.165, 1.54) is 11.3 Å². The Hall–Kier alpha value is -1.95. The van der Waals surface area contributed by atoms with Crippen molar-refractivity contribution < 1.29 is 4.79 Å². The molecule has 2 rings (SSSR count). The van der Waals surface area contributed by atoms with Gasteiger partial charge in [-0.05, 0) is 39.8 Å². The average Bonchev–Trinajstić information content (AvgIpc) is 2.68. The van der Waals surface area contributed by atoms with Crippen molar-refractivity contribution in [2.75, 3.05) is 17.2 Å². The van der Waals surface area contributed by atoms with Gasteiger partial charge in [-0.1, -0.05) is 0 Å². The molecule has 106 valence electrons. The molecule has 0 radical (unpaired) electrons. The van der Waals surface area contributed by atoms with Crippen molar-refractivity contribution in [3.63, 3.8) is 0 Å². The summed E-state index contributed by atoms with van der Waals surface area (Å²) in [6.07, 6.45) is 0. The van der Waals surface area contributed by atoms with Gasteiger partial charge in [-0.3, -0.25) is 10.1 Å². The number of nitrogens with one attached hydrogen (secondary N) is 2. The van der Waals surface area contributed by atoms with Gasteiger partial charge < -0.3 is 5.32 Å². The second-order valence-electron chi connectivity index (χ2n) is 4.53. The lowest BCUT2D eigenvalue weighted by molar-refractivity contribution is 0.102. The summed E-state index contributed by atoms with van der Waals surface area (Å²) in [6.45, 7) is 8.55. The zero-order chi connectivity index (χ0) is 14.7. The van der Waals surface area contributed by atoms with E-state index in [2.05, 4.69) is 20.6 Å². The van der Waals surface area contributed by atoms with Gasteiger partial charge in [-0.15, -0.1) is 11.3 Å². The van der Waals surface area contributed by atoms with E-state index in [0.29, 0.717) is 16.5 Å². The van der Waals surface area contributed by atoms with Crippen LogP contribution in [0.3, 0.4) is 0 Å². The fourth-order valence-corrected chi connectivity index (χ4v) is 2.58. The molecule has 2 heterocycles. The molecule has 0 bridgehead atoms. The zero-order valence-corrected chi connectivity index (χ0v) is 12.9. The van der Waals surface area contributed by atoms with E-state index in [9.17, 15) is 4.79 Å². The molecule has 0 aromatic carbocycles. The number of amides is 1. The van der Waals surface area contributed by atoms with Crippen molar-refractivity contribution >= 4 is 28.2 Å². The maximum absolute atomic E-state index is 12.2. The van der Waals surface area contributed by atoms with Gasteiger partial charge >= 0.3 is 0 Å². The fraction of sp³-hybridized carbons (Fsp3) is 0.357. The Morgan fingerprint density at radius 3 is 2.60 bits per heavy atom. The first kappa shape index (κ1) is 14.5. The molecule has 2 N–H and O–H groups in total. The van der Waals surface area contributed by atoms with Crippen LogP contribution >= 0.6 is 11.3 Å². The van der Waals surface area contributed by atoms with Crippen LogP contribution in [0.4, 0.5) is 10.9 Å². The number of aromatic nitrogens is 2. The number of thiazole rings is 1. The molecule has 0 spiro atoms. The lowest BCUT2D eigenvalue weighted by Crippen LogP contribution is -2.13. The summed E-state index contributed by atoms with van der Waals surface area (Å²) < 4.78 is 0. The highest BCUT2D eigenvalue weighted by Crippen LogP contribution is 2.22. The number of carbonyl (C=O) groups is 1. The van der Waals surface area contributed by atoms with Gasteiger partial charge in [0.2, 0.25) is 0 Å². The van der Waals surface area contributed by atoms with Crippen LogP contribution in [0.2, 0.25) is 0 Å². The molecule has 0 saturated heterocycles. The maximum atomic E-state index is 12.2. The molecule has 5 nitrogen and oxygen atoms in total. The number of aryl methyl sites for hydroxylation is 3. The van der Waals surface area contributed by atoms with Gasteiger partial charge in [-0.2, -0.15) is 0 Å². The second-order valence-corrected chi connectivity index (χ2v) is 5.73. The van der Waals surface area contributed by atoms with Gasteiger partial charge in [0.05, 0.1) is 5.69 Å². The highest BCUT2D eigenvalue weighted by Gasteiger charge is 2.11. The average molecular weight is 290 g/mol. The van der Waals surface area contributed by atoms with Crippen LogP contribution in [0, 0.1) is 20.8 Å². The van der Waals surface area contributed by atoms with Gasteiger partial charge in [0.1, 0.15) is 5.82 Å². The Balaban J connectivity index is 2.20. The van der Waals surface area contributed by atoms with Crippen molar-refractivity contribution in [1.29, 1.82) is 0 Å². The second kappa shape index (κ2) is 6.00. The molecule has 0 atom stereocenters.